The van der Waals surface area contributed by atoms with E-state index in [2.05, 4.69) is 0 Å². The monoisotopic (exact) mass is 435 g/mol. The molecule has 32 heavy (non-hydrogen) atoms. The number of furan rings is 1. The highest BCUT2D eigenvalue weighted by atomic mass is 19.1. The number of benzene rings is 2. The number of carbonyl (C=O) groups is 2. The van der Waals surface area contributed by atoms with E-state index in [4.69, 9.17) is 9.15 Å². The molecule has 0 aliphatic carbocycles. The minimum absolute atomic E-state index is 0.0455. The zero-order valence-corrected chi connectivity index (χ0v) is 18.1. The Labute approximate surface area is 186 Å². The lowest BCUT2D eigenvalue weighted by Crippen LogP contribution is -2.40. The number of piperidine rings is 1. The maximum absolute atomic E-state index is 13.9. The number of nitrogens with zero attached hydrogens (tertiary/aromatic N) is 1. The molecule has 0 bridgehead atoms. The van der Waals surface area contributed by atoms with Gasteiger partial charge in [-0.2, -0.15) is 0 Å². The smallest absolute Gasteiger partial charge is 0.223 e. The van der Waals surface area contributed by atoms with Gasteiger partial charge in [0, 0.05) is 37.4 Å². The normalized spacial score (nSPS) is 14.4. The number of amides is 1. The summed E-state index contributed by atoms with van der Waals surface area (Å²) in [6.45, 7) is 1.15. The largest absolute Gasteiger partial charge is 0.497 e. The molecule has 5 nitrogen and oxygen atoms in total. The molecule has 1 fully saturated rings. The van der Waals surface area contributed by atoms with Crippen LogP contribution in [0.4, 0.5) is 4.39 Å². The number of halogens is 1. The van der Waals surface area contributed by atoms with Gasteiger partial charge in [-0.3, -0.25) is 9.59 Å². The van der Waals surface area contributed by atoms with Gasteiger partial charge in [-0.05, 0) is 61.4 Å². The highest BCUT2D eigenvalue weighted by molar-refractivity contribution is 5.98. The fraction of sp³-hybridized carbons (Fsp3) is 0.308. The Morgan fingerprint density at radius 1 is 1.03 bits per heavy atom. The molecule has 0 radical (unpaired) electrons. The van der Waals surface area contributed by atoms with Crippen LogP contribution in [-0.2, 0) is 11.2 Å². The zero-order chi connectivity index (χ0) is 22.5. The number of aryl methyl sites for hydroxylation is 1. The number of ketones is 1. The lowest BCUT2D eigenvalue weighted by molar-refractivity contribution is -0.132. The standard InChI is InChI=1S/C26H26FNO4/c1-31-20-8-6-18(7-9-20)26(30)19-14-16-28(17-15-19)25(29)13-11-21-10-12-24(32-21)22-4-2-3-5-23(22)27/h2-10,12,19H,11,13-17H2,1H3. The van der Waals surface area contributed by atoms with E-state index in [1.165, 1.54) is 6.07 Å². The van der Waals surface area contributed by atoms with Crippen molar-refractivity contribution in [1.29, 1.82) is 0 Å². The summed E-state index contributed by atoms with van der Waals surface area (Å²) in [6, 6.07) is 17.1. The maximum Gasteiger partial charge on any atom is 0.223 e. The molecule has 1 saturated heterocycles. The zero-order valence-electron chi connectivity index (χ0n) is 18.1. The maximum atomic E-state index is 13.9. The Morgan fingerprint density at radius 2 is 1.75 bits per heavy atom. The Morgan fingerprint density at radius 3 is 2.44 bits per heavy atom. The molecule has 0 saturated carbocycles. The second-order valence-corrected chi connectivity index (χ2v) is 7.99. The summed E-state index contributed by atoms with van der Waals surface area (Å²) in [7, 11) is 1.59. The van der Waals surface area contributed by atoms with Crippen LogP contribution in [0.5, 0.6) is 5.75 Å². The molecule has 166 valence electrons. The first-order valence-corrected chi connectivity index (χ1v) is 10.8. The van der Waals surface area contributed by atoms with Crippen LogP contribution in [0, 0.1) is 11.7 Å². The van der Waals surface area contributed by atoms with Crippen molar-refractivity contribution < 1.29 is 23.1 Å². The Balaban J connectivity index is 1.27. The first-order valence-electron chi connectivity index (χ1n) is 10.8. The first-order chi connectivity index (χ1) is 15.5. The average molecular weight is 435 g/mol. The van der Waals surface area contributed by atoms with Gasteiger partial charge in [0.05, 0.1) is 12.7 Å². The van der Waals surface area contributed by atoms with Crippen molar-refractivity contribution >= 4 is 11.7 Å². The van der Waals surface area contributed by atoms with Gasteiger partial charge < -0.3 is 14.1 Å². The van der Waals surface area contributed by atoms with Crippen LogP contribution in [0.1, 0.15) is 35.4 Å². The number of ether oxygens (including phenoxy) is 1. The molecule has 0 unspecified atom stereocenters. The van der Waals surface area contributed by atoms with Crippen LogP contribution in [-0.4, -0.2) is 36.8 Å². The van der Waals surface area contributed by atoms with Gasteiger partial charge in [-0.1, -0.05) is 12.1 Å². The van der Waals surface area contributed by atoms with Gasteiger partial charge in [0.15, 0.2) is 5.78 Å². The third-order valence-electron chi connectivity index (χ3n) is 5.98. The number of rotatable bonds is 7. The van der Waals surface area contributed by atoms with E-state index >= 15 is 0 Å². The van der Waals surface area contributed by atoms with E-state index in [9.17, 15) is 14.0 Å². The van der Waals surface area contributed by atoms with Gasteiger partial charge in [0.2, 0.25) is 5.91 Å². The van der Waals surface area contributed by atoms with Gasteiger partial charge in [0.1, 0.15) is 23.1 Å². The van der Waals surface area contributed by atoms with Crippen molar-refractivity contribution in [3.8, 4) is 17.1 Å². The van der Waals surface area contributed by atoms with Crippen LogP contribution in [0.25, 0.3) is 11.3 Å². The lowest BCUT2D eigenvalue weighted by atomic mass is 9.88. The predicted molar refractivity (Wildman–Crippen MR) is 119 cm³/mol. The van der Waals surface area contributed by atoms with Crippen molar-refractivity contribution in [2.24, 2.45) is 5.92 Å². The van der Waals surface area contributed by atoms with Crippen LogP contribution in [0.2, 0.25) is 0 Å². The number of Topliss-reactive ketones (excluding diaryl/α,β-unsaturated/α-hetero) is 1. The summed E-state index contributed by atoms with van der Waals surface area (Å²) in [4.78, 5) is 27.2. The van der Waals surface area contributed by atoms with E-state index in [-0.39, 0.29) is 23.4 Å². The van der Waals surface area contributed by atoms with E-state index in [1.54, 1.807) is 61.7 Å². The van der Waals surface area contributed by atoms with E-state index in [0.29, 0.717) is 61.4 Å². The second kappa shape index (κ2) is 9.81. The topological polar surface area (TPSA) is 59.8 Å². The summed E-state index contributed by atoms with van der Waals surface area (Å²) in [5.74, 6) is 1.60. The number of methoxy groups -OCH3 is 1. The third kappa shape index (κ3) is 4.90. The molecule has 0 N–H and O–H groups in total. The molecule has 0 atom stereocenters. The highest BCUT2D eigenvalue weighted by Gasteiger charge is 2.28. The average Bonchev–Trinajstić information content (AvgIpc) is 3.31. The summed E-state index contributed by atoms with van der Waals surface area (Å²) >= 11 is 0. The summed E-state index contributed by atoms with van der Waals surface area (Å²) in [6.07, 6.45) is 2.10. The van der Waals surface area contributed by atoms with Gasteiger partial charge in [0.25, 0.3) is 0 Å². The highest BCUT2D eigenvalue weighted by Crippen LogP contribution is 2.26. The Bertz CT molecular complexity index is 1080. The molecule has 1 aliphatic rings. The molecule has 2 aromatic carbocycles. The molecule has 1 aliphatic heterocycles. The van der Waals surface area contributed by atoms with Gasteiger partial charge in [-0.15, -0.1) is 0 Å². The summed E-state index contributed by atoms with van der Waals surface area (Å²) < 4.78 is 24.8. The Hall–Kier alpha value is -3.41. The SMILES string of the molecule is COc1ccc(C(=O)C2CCN(C(=O)CCc3ccc(-c4ccccc4F)o3)CC2)cc1. The predicted octanol–water partition coefficient (Wildman–Crippen LogP) is 5.15. The van der Waals surface area contributed by atoms with Crippen molar-refractivity contribution in [2.45, 2.75) is 25.7 Å². The molecular formula is C26H26FNO4. The second-order valence-electron chi connectivity index (χ2n) is 7.99. The summed E-state index contributed by atoms with van der Waals surface area (Å²) in [5.41, 5.74) is 1.09. The molecule has 3 aromatic rings. The van der Waals surface area contributed by atoms with E-state index < -0.39 is 0 Å². The molecular weight excluding hydrogens is 409 g/mol. The minimum Gasteiger partial charge on any atom is -0.497 e. The van der Waals surface area contributed by atoms with Crippen molar-refractivity contribution in [3.63, 3.8) is 0 Å². The first kappa shape index (κ1) is 21.8. The molecule has 1 amide bonds. The van der Waals surface area contributed by atoms with Crippen LogP contribution in [0.3, 0.4) is 0 Å². The van der Waals surface area contributed by atoms with Gasteiger partial charge >= 0.3 is 0 Å². The minimum atomic E-state index is -0.337. The van der Waals surface area contributed by atoms with E-state index in [0.717, 1.165) is 5.75 Å². The number of hydrogen-bond acceptors (Lipinski definition) is 4. The fourth-order valence-corrected chi connectivity index (χ4v) is 4.09. The fourth-order valence-electron chi connectivity index (χ4n) is 4.09. The van der Waals surface area contributed by atoms with Crippen LogP contribution >= 0.6 is 0 Å². The van der Waals surface area contributed by atoms with E-state index in [1.807, 2.05) is 4.90 Å². The van der Waals surface area contributed by atoms with Gasteiger partial charge in [-0.25, -0.2) is 4.39 Å². The van der Waals surface area contributed by atoms with Crippen LogP contribution < -0.4 is 4.74 Å². The van der Waals surface area contributed by atoms with Crippen molar-refractivity contribution in [1.82, 2.24) is 4.90 Å². The van der Waals surface area contributed by atoms with Crippen LogP contribution in [0.15, 0.2) is 65.1 Å². The molecule has 4 rings (SSSR count). The Kier molecular flexibility index (Phi) is 6.69. The number of likely N-dealkylation sites (tertiary alicyclic amines) is 1. The molecule has 0 spiro atoms. The molecule has 1 aromatic heterocycles. The van der Waals surface area contributed by atoms with Crippen molar-refractivity contribution in [2.75, 3.05) is 20.2 Å². The number of hydrogen-bond donors (Lipinski definition) is 0. The molecule has 2 heterocycles. The van der Waals surface area contributed by atoms with Crippen molar-refractivity contribution in [3.05, 3.63) is 77.8 Å². The quantitative estimate of drug-likeness (QED) is 0.482. The number of carbonyl (C=O) groups excluding carboxylic acids is 2. The molecule has 6 heteroatoms. The third-order valence-corrected chi connectivity index (χ3v) is 5.98. The summed E-state index contributed by atoms with van der Waals surface area (Å²) in [5, 5.41) is 0. The lowest BCUT2D eigenvalue weighted by Gasteiger charge is -2.31.